The number of nitrogens with zero attached hydrogens (tertiary/aromatic N) is 3. The molecule has 61 heavy (non-hydrogen) atoms. The van der Waals surface area contributed by atoms with Crippen molar-refractivity contribution < 1.29 is 60.1 Å². The molecular formula is C42H54F3N5O10S. The molecule has 2 aliphatic carbocycles. The average molecular weight is 878 g/mol. The van der Waals surface area contributed by atoms with Crippen molar-refractivity contribution in [2.45, 2.75) is 133 Å². The van der Waals surface area contributed by atoms with Crippen molar-refractivity contribution in [3.8, 4) is 17.5 Å². The van der Waals surface area contributed by atoms with Gasteiger partial charge < -0.3 is 29.5 Å². The predicted octanol–water partition coefficient (Wildman–Crippen LogP) is 5.49. The minimum atomic E-state index is -5.10. The molecule has 15 nitrogen and oxygen atoms in total. The molecule has 4 amide bonds. The Balaban J connectivity index is 1.31. The standard InChI is InChI=1S/C42H54F3N5O10S/c1-23-10-7-8-11-25-21-41(25,37(53)48-61(56,57)40(5)15-16-40)47-33(51)31-20-27(60-35-29-14-13-26(58-6)19-30(29)28-12-9-17-59-34(28)46-35)22-49(31)36(52)32(24(2)18-23)50(38(54)55)39(3,4)42(43,44)45/h8,11,13-14,19,23-25,27,31-32H,7,9-10,12,15-18,20-22H2,1-6H3,(H,47,51)(H,48,53)(H,54,55)/t23-,24-,25-,27-,31+,32+,41-/m1/s1. The van der Waals surface area contributed by atoms with Gasteiger partial charge in [0.25, 0.3) is 5.91 Å². The van der Waals surface area contributed by atoms with Gasteiger partial charge in [0.2, 0.25) is 33.6 Å². The van der Waals surface area contributed by atoms with E-state index >= 15 is 4.79 Å². The number of aromatic nitrogens is 1. The first-order valence-corrected chi connectivity index (χ1v) is 22.3. The first-order chi connectivity index (χ1) is 28.5. The molecule has 3 aliphatic heterocycles. The fourth-order valence-electron chi connectivity index (χ4n) is 9.03. The Kier molecular flexibility index (Phi) is 11.5. The Bertz CT molecular complexity index is 2250. The van der Waals surface area contributed by atoms with Gasteiger partial charge in [-0.25, -0.2) is 13.2 Å². The summed E-state index contributed by atoms with van der Waals surface area (Å²) in [6, 6.07) is 1.88. The Hall–Kier alpha value is -4.81. The summed E-state index contributed by atoms with van der Waals surface area (Å²) in [6.45, 7) is 6.32. The van der Waals surface area contributed by atoms with Gasteiger partial charge in [0.15, 0.2) is 0 Å². The topological polar surface area (TPSA) is 194 Å². The number of sulfonamides is 1. The number of carbonyl (C=O) groups excluding carboxylic acids is 3. The van der Waals surface area contributed by atoms with Crippen LogP contribution in [0.15, 0.2) is 30.4 Å². The maximum absolute atomic E-state index is 15.1. The normalized spacial score (nSPS) is 29.1. The van der Waals surface area contributed by atoms with Crippen LogP contribution in [0.5, 0.6) is 17.5 Å². The van der Waals surface area contributed by atoms with Gasteiger partial charge in [0.1, 0.15) is 35.0 Å². The molecule has 5 aliphatic rings. The van der Waals surface area contributed by atoms with Crippen LogP contribution < -0.4 is 24.2 Å². The second-order valence-corrected chi connectivity index (χ2v) is 20.4. The molecule has 0 unspecified atom stereocenters. The summed E-state index contributed by atoms with van der Waals surface area (Å²) < 4.78 is 89.8. The average Bonchev–Trinajstić information content (AvgIpc) is 4.07. The lowest BCUT2D eigenvalue weighted by Crippen LogP contribution is -2.66. The Labute approximate surface area is 352 Å². The number of fused-ring (bicyclic) bond motifs is 5. The highest BCUT2D eigenvalue weighted by Gasteiger charge is 2.64. The van der Waals surface area contributed by atoms with Gasteiger partial charge in [-0.3, -0.25) is 24.0 Å². The maximum Gasteiger partial charge on any atom is 0.411 e. The van der Waals surface area contributed by atoms with Crippen LogP contribution in [0.3, 0.4) is 0 Å². The second-order valence-electron chi connectivity index (χ2n) is 18.2. The number of carboxylic acid groups (broad SMARTS) is 1. The van der Waals surface area contributed by atoms with Crippen molar-refractivity contribution in [3.63, 3.8) is 0 Å². The number of pyridine rings is 1. The summed E-state index contributed by atoms with van der Waals surface area (Å²) in [6.07, 6.45) is -1.50. The number of benzene rings is 1. The molecule has 0 bridgehead atoms. The van der Waals surface area contributed by atoms with Crippen molar-refractivity contribution in [1.29, 1.82) is 0 Å². The highest BCUT2D eigenvalue weighted by atomic mass is 32.2. The monoisotopic (exact) mass is 877 g/mol. The zero-order valence-electron chi connectivity index (χ0n) is 35.1. The fraction of sp³-hybridized carbons (Fsp3) is 0.643. The molecule has 7 atom stereocenters. The number of hydrogen-bond acceptors (Lipinski definition) is 10. The maximum atomic E-state index is 15.1. The predicted molar refractivity (Wildman–Crippen MR) is 215 cm³/mol. The number of methoxy groups -OCH3 is 1. The number of allylic oxidation sites excluding steroid dienone is 1. The number of aryl methyl sites for hydroxylation is 1. The third-order valence-electron chi connectivity index (χ3n) is 13.3. The summed E-state index contributed by atoms with van der Waals surface area (Å²) in [5.41, 5.74) is -3.94. The van der Waals surface area contributed by atoms with E-state index in [0.717, 1.165) is 22.3 Å². The van der Waals surface area contributed by atoms with Crippen LogP contribution in [0.2, 0.25) is 0 Å². The second kappa shape index (κ2) is 15.8. The van der Waals surface area contributed by atoms with E-state index in [4.69, 9.17) is 14.2 Å². The molecule has 3 fully saturated rings. The van der Waals surface area contributed by atoms with E-state index < -0.39 is 85.9 Å². The summed E-state index contributed by atoms with van der Waals surface area (Å²) >= 11 is 0. The molecule has 1 saturated heterocycles. The zero-order valence-corrected chi connectivity index (χ0v) is 36.0. The first-order valence-electron chi connectivity index (χ1n) is 20.8. The van der Waals surface area contributed by atoms with Crippen LogP contribution in [0.25, 0.3) is 10.8 Å². The lowest BCUT2D eigenvalue weighted by Gasteiger charge is -2.45. The Morgan fingerprint density at radius 1 is 1.13 bits per heavy atom. The lowest BCUT2D eigenvalue weighted by atomic mass is 9.85. The number of halogens is 3. The Morgan fingerprint density at radius 2 is 1.85 bits per heavy atom. The van der Waals surface area contributed by atoms with E-state index in [0.29, 0.717) is 69.6 Å². The molecule has 4 heterocycles. The molecule has 0 spiro atoms. The smallest absolute Gasteiger partial charge is 0.411 e. The molecule has 7 rings (SSSR count). The SMILES string of the molecule is COc1ccc2c(O[C@@H]3C[C@H]4C(=O)N[C@]5(C(=O)NS(=O)(=O)C6(C)CC6)C[C@H]5C=CCC[C@@H](C)C[C@@H](C)[C@H](N(C(=O)O)C(C)(C)C(F)(F)F)C(=O)N4C3)nc3c(c2c1)CCCO3. The van der Waals surface area contributed by atoms with Crippen LogP contribution in [-0.4, -0.2) is 113 Å². The highest BCUT2D eigenvalue weighted by Crippen LogP contribution is 2.48. The molecular weight excluding hydrogens is 824 g/mol. The highest BCUT2D eigenvalue weighted by molar-refractivity contribution is 7.91. The van der Waals surface area contributed by atoms with Crippen LogP contribution in [0.1, 0.15) is 91.5 Å². The molecule has 3 N–H and O–H groups in total. The number of nitrogens with one attached hydrogen (secondary N) is 2. The van der Waals surface area contributed by atoms with Crippen LogP contribution in [0, 0.1) is 17.8 Å². The molecule has 19 heteroatoms. The van der Waals surface area contributed by atoms with Crippen LogP contribution >= 0.6 is 0 Å². The largest absolute Gasteiger partial charge is 0.497 e. The molecule has 2 aromatic rings. The van der Waals surface area contributed by atoms with Crippen LogP contribution in [-0.2, 0) is 30.8 Å². The molecule has 334 valence electrons. The molecule has 0 radical (unpaired) electrons. The molecule has 1 aromatic carbocycles. The van der Waals surface area contributed by atoms with Gasteiger partial charge >= 0.3 is 12.3 Å². The summed E-state index contributed by atoms with van der Waals surface area (Å²) in [7, 11) is -2.60. The van der Waals surface area contributed by atoms with Crippen molar-refractivity contribution in [1.82, 2.24) is 24.8 Å². The van der Waals surface area contributed by atoms with Gasteiger partial charge in [-0.05, 0) is 108 Å². The molecule has 1 aromatic heterocycles. The van der Waals surface area contributed by atoms with Crippen LogP contribution in [0.4, 0.5) is 18.0 Å². The van der Waals surface area contributed by atoms with E-state index in [2.05, 4.69) is 15.0 Å². The van der Waals surface area contributed by atoms with Crippen molar-refractivity contribution >= 4 is 44.6 Å². The third kappa shape index (κ3) is 8.18. The number of alkyl halides is 3. The van der Waals surface area contributed by atoms with Crippen molar-refractivity contribution in [3.05, 3.63) is 35.9 Å². The number of rotatable bonds is 8. The van der Waals surface area contributed by atoms with E-state index in [1.165, 1.54) is 21.0 Å². The summed E-state index contributed by atoms with van der Waals surface area (Å²) in [5, 5.41) is 14.6. The van der Waals surface area contributed by atoms with E-state index in [-0.39, 0.29) is 42.5 Å². The zero-order chi connectivity index (χ0) is 44.4. The minimum absolute atomic E-state index is 0.0458. The number of hydrogen-bond donors (Lipinski definition) is 3. The van der Waals surface area contributed by atoms with Gasteiger partial charge in [-0.2, -0.15) is 18.2 Å². The minimum Gasteiger partial charge on any atom is -0.497 e. The van der Waals surface area contributed by atoms with Gasteiger partial charge in [0, 0.05) is 23.3 Å². The van der Waals surface area contributed by atoms with Gasteiger partial charge in [-0.1, -0.05) is 26.0 Å². The third-order valence-corrected chi connectivity index (χ3v) is 15.5. The van der Waals surface area contributed by atoms with E-state index in [1.807, 2.05) is 19.1 Å². The van der Waals surface area contributed by atoms with Crippen molar-refractivity contribution in [2.75, 3.05) is 20.3 Å². The summed E-state index contributed by atoms with van der Waals surface area (Å²) in [4.78, 5) is 62.7. The first kappa shape index (κ1) is 44.3. The quantitative estimate of drug-likeness (QED) is 0.284. The number of carbonyl (C=O) groups is 4. The number of ether oxygens (including phenoxy) is 3. The summed E-state index contributed by atoms with van der Waals surface area (Å²) in [5.74, 6) is -3.66. The van der Waals surface area contributed by atoms with Gasteiger partial charge in [-0.15, -0.1) is 0 Å². The fourth-order valence-corrected chi connectivity index (χ4v) is 10.3. The van der Waals surface area contributed by atoms with Crippen molar-refractivity contribution in [2.24, 2.45) is 17.8 Å². The van der Waals surface area contributed by atoms with E-state index in [1.54, 1.807) is 18.2 Å². The molecule has 2 saturated carbocycles. The number of amides is 4. The van der Waals surface area contributed by atoms with Gasteiger partial charge in [0.05, 0.1) is 25.0 Å². The Morgan fingerprint density at radius 3 is 2.51 bits per heavy atom. The van der Waals surface area contributed by atoms with E-state index in [9.17, 15) is 41.1 Å². The lowest BCUT2D eigenvalue weighted by molar-refractivity contribution is -0.222.